The SMILES string of the molecule is CCNC(Cc1cnn(CC)c1)C1CN(C(C)C)CCO1. The first kappa shape index (κ1) is 16.5. The van der Waals surface area contributed by atoms with Gasteiger partial charge in [0, 0.05) is 37.9 Å². The summed E-state index contributed by atoms with van der Waals surface area (Å²) in [6.45, 7) is 13.6. The number of nitrogens with one attached hydrogen (secondary N) is 1. The molecule has 1 aromatic rings. The molecule has 2 rings (SSSR count). The van der Waals surface area contributed by atoms with Crippen molar-refractivity contribution in [3.63, 3.8) is 0 Å². The van der Waals surface area contributed by atoms with Crippen LogP contribution in [0.5, 0.6) is 0 Å². The van der Waals surface area contributed by atoms with Crippen molar-refractivity contribution in [2.75, 3.05) is 26.2 Å². The van der Waals surface area contributed by atoms with Gasteiger partial charge in [-0.05, 0) is 39.3 Å². The molecule has 0 aliphatic carbocycles. The predicted octanol–water partition coefficient (Wildman–Crippen LogP) is 1.53. The van der Waals surface area contributed by atoms with Crippen molar-refractivity contribution in [2.45, 2.75) is 58.8 Å². The Hall–Kier alpha value is -0.910. The standard InChI is InChI=1S/C16H30N4O/c1-5-17-15(9-14-10-18-20(6-2)11-14)16-12-19(13(3)4)7-8-21-16/h10-11,13,15-17H,5-9,12H2,1-4H3. The zero-order chi connectivity index (χ0) is 15.2. The lowest BCUT2D eigenvalue weighted by atomic mass is 10.0. The summed E-state index contributed by atoms with van der Waals surface area (Å²) in [5.41, 5.74) is 1.29. The molecule has 0 radical (unpaired) electrons. The van der Waals surface area contributed by atoms with Crippen molar-refractivity contribution in [3.05, 3.63) is 18.0 Å². The molecule has 2 atom stereocenters. The van der Waals surface area contributed by atoms with Crippen molar-refractivity contribution < 1.29 is 4.74 Å². The summed E-state index contributed by atoms with van der Waals surface area (Å²) in [4.78, 5) is 2.51. The normalized spacial score (nSPS) is 21.9. The zero-order valence-corrected chi connectivity index (χ0v) is 13.9. The molecule has 2 unspecified atom stereocenters. The lowest BCUT2D eigenvalue weighted by Crippen LogP contribution is -2.54. The maximum Gasteiger partial charge on any atom is 0.0858 e. The van der Waals surface area contributed by atoms with Gasteiger partial charge in [0.05, 0.1) is 18.9 Å². The van der Waals surface area contributed by atoms with E-state index in [0.717, 1.165) is 39.2 Å². The average molecular weight is 294 g/mol. The molecule has 0 aromatic carbocycles. The lowest BCUT2D eigenvalue weighted by Gasteiger charge is -2.39. The minimum Gasteiger partial charge on any atom is -0.374 e. The fraction of sp³-hybridized carbons (Fsp3) is 0.812. The van der Waals surface area contributed by atoms with E-state index in [1.807, 2.05) is 10.9 Å². The van der Waals surface area contributed by atoms with Crippen LogP contribution in [0.2, 0.25) is 0 Å². The van der Waals surface area contributed by atoms with Crippen LogP contribution >= 0.6 is 0 Å². The van der Waals surface area contributed by atoms with Crippen LogP contribution in [0.4, 0.5) is 0 Å². The first-order chi connectivity index (χ1) is 10.1. The Kier molecular flexibility index (Phi) is 6.21. The van der Waals surface area contributed by atoms with Gasteiger partial charge in [-0.1, -0.05) is 6.92 Å². The highest BCUT2D eigenvalue weighted by Crippen LogP contribution is 2.15. The molecule has 120 valence electrons. The largest absolute Gasteiger partial charge is 0.374 e. The third-order valence-electron chi connectivity index (χ3n) is 4.24. The van der Waals surface area contributed by atoms with Crippen LogP contribution in [0.25, 0.3) is 0 Å². The van der Waals surface area contributed by atoms with Gasteiger partial charge in [-0.2, -0.15) is 5.10 Å². The van der Waals surface area contributed by atoms with Crippen molar-refractivity contribution in [3.8, 4) is 0 Å². The Morgan fingerprint density at radius 1 is 1.43 bits per heavy atom. The molecule has 2 heterocycles. The molecule has 1 aromatic heterocycles. The molecule has 0 bridgehead atoms. The molecule has 1 aliphatic heterocycles. The van der Waals surface area contributed by atoms with Crippen LogP contribution < -0.4 is 5.32 Å². The molecule has 0 saturated carbocycles. The van der Waals surface area contributed by atoms with E-state index < -0.39 is 0 Å². The maximum atomic E-state index is 6.05. The van der Waals surface area contributed by atoms with Gasteiger partial charge in [0.1, 0.15) is 0 Å². The topological polar surface area (TPSA) is 42.3 Å². The van der Waals surface area contributed by atoms with Crippen molar-refractivity contribution in [1.29, 1.82) is 0 Å². The second-order valence-electron chi connectivity index (χ2n) is 6.07. The van der Waals surface area contributed by atoms with Crippen molar-refractivity contribution >= 4 is 0 Å². The summed E-state index contributed by atoms with van der Waals surface area (Å²) in [5, 5.41) is 7.97. The molecule has 5 heteroatoms. The Labute approximate surface area is 128 Å². The Balaban J connectivity index is 2.00. The van der Waals surface area contributed by atoms with Gasteiger partial charge < -0.3 is 10.1 Å². The summed E-state index contributed by atoms with van der Waals surface area (Å²) < 4.78 is 8.03. The second-order valence-corrected chi connectivity index (χ2v) is 6.07. The van der Waals surface area contributed by atoms with E-state index in [9.17, 15) is 0 Å². The molecule has 1 fully saturated rings. The molecule has 1 saturated heterocycles. The summed E-state index contributed by atoms with van der Waals surface area (Å²) in [6, 6.07) is 0.938. The van der Waals surface area contributed by atoms with E-state index >= 15 is 0 Å². The van der Waals surface area contributed by atoms with Gasteiger partial charge in [0.2, 0.25) is 0 Å². The van der Waals surface area contributed by atoms with E-state index in [-0.39, 0.29) is 6.10 Å². The molecular weight excluding hydrogens is 264 g/mol. The number of likely N-dealkylation sites (N-methyl/N-ethyl adjacent to an activating group) is 1. The first-order valence-electron chi connectivity index (χ1n) is 8.24. The predicted molar refractivity (Wildman–Crippen MR) is 85.5 cm³/mol. The van der Waals surface area contributed by atoms with Gasteiger partial charge in [-0.3, -0.25) is 9.58 Å². The molecule has 21 heavy (non-hydrogen) atoms. The highest BCUT2D eigenvalue weighted by Gasteiger charge is 2.29. The minimum absolute atomic E-state index is 0.256. The van der Waals surface area contributed by atoms with E-state index in [1.54, 1.807) is 0 Å². The summed E-state index contributed by atoms with van der Waals surface area (Å²) in [5.74, 6) is 0. The molecule has 0 amide bonds. The number of morpholine rings is 1. The van der Waals surface area contributed by atoms with Crippen molar-refractivity contribution in [2.24, 2.45) is 0 Å². The van der Waals surface area contributed by atoms with E-state index in [0.29, 0.717) is 12.1 Å². The fourth-order valence-corrected chi connectivity index (χ4v) is 2.94. The average Bonchev–Trinajstić information content (AvgIpc) is 2.94. The monoisotopic (exact) mass is 294 g/mol. The highest BCUT2D eigenvalue weighted by atomic mass is 16.5. The molecule has 5 nitrogen and oxygen atoms in total. The smallest absolute Gasteiger partial charge is 0.0858 e. The minimum atomic E-state index is 0.256. The highest BCUT2D eigenvalue weighted by molar-refractivity contribution is 5.07. The molecule has 0 spiro atoms. The second kappa shape index (κ2) is 7.92. The Bertz CT molecular complexity index is 418. The first-order valence-corrected chi connectivity index (χ1v) is 8.24. The third-order valence-corrected chi connectivity index (χ3v) is 4.24. The Morgan fingerprint density at radius 2 is 2.24 bits per heavy atom. The van der Waals surface area contributed by atoms with E-state index in [1.165, 1.54) is 5.56 Å². The summed E-state index contributed by atoms with van der Waals surface area (Å²) >= 11 is 0. The van der Waals surface area contributed by atoms with Crippen LogP contribution in [0.1, 0.15) is 33.3 Å². The quantitative estimate of drug-likeness (QED) is 0.828. The van der Waals surface area contributed by atoms with Gasteiger partial charge in [0.15, 0.2) is 0 Å². The number of ether oxygens (including phenoxy) is 1. The third kappa shape index (κ3) is 4.53. The molecular formula is C16H30N4O. The number of hydrogen-bond donors (Lipinski definition) is 1. The van der Waals surface area contributed by atoms with Gasteiger partial charge in [0.25, 0.3) is 0 Å². The number of hydrogen-bond acceptors (Lipinski definition) is 4. The summed E-state index contributed by atoms with van der Waals surface area (Å²) in [7, 11) is 0. The van der Waals surface area contributed by atoms with Crippen LogP contribution in [-0.4, -0.2) is 59.1 Å². The van der Waals surface area contributed by atoms with Crippen LogP contribution in [0.15, 0.2) is 12.4 Å². The fourth-order valence-electron chi connectivity index (χ4n) is 2.94. The zero-order valence-electron chi connectivity index (χ0n) is 13.9. The van der Waals surface area contributed by atoms with E-state index in [2.05, 4.69) is 49.2 Å². The van der Waals surface area contributed by atoms with Crippen molar-refractivity contribution in [1.82, 2.24) is 20.0 Å². The Morgan fingerprint density at radius 3 is 2.86 bits per heavy atom. The summed E-state index contributed by atoms with van der Waals surface area (Å²) in [6.07, 6.45) is 5.36. The number of aryl methyl sites for hydroxylation is 1. The number of aromatic nitrogens is 2. The van der Waals surface area contributed by atoms with Gasteiger partial charge in [-0.25, -0.2) is 0 Å². The van der Waals surface area contributed by atoms with E-state index in [4.69, 9.17) is 4.74 Å². The van der Waals surface area contributed by atoms with Gasteiger partial charge in [-0.15, -0.1) is 0 Å². The molecule has 1 N–H and O–H groups in total. The maximum absolute atomic E-state index is 6.05. The van der Waals surface area contributed by atoms with Crippen LogP contribution in [0.3, 0.4) is 0 Å². The van der Waals surface area contributed by atoms with Gasteiger partial charge >= 0.3 is 0 Å². The number of nitrogens with zero attached hydrogens (tertiary/aromatic N) is 3. The lowest BCUT2D eigenvalue weighted by molar-refractivity contribution is -0.0550. The van der Waals surface area contributed by atoms with Crippen LogP contribution in [-0.2, 0) is 17.7 Å². The van der Waals surface area contributed by atoms with Crippen LogP contribution in [0, 0.1) is 0 Å². The molecule has 1 aliphatic rings. The number of rotatable bonds is 7.